The highest BCUT2D eigenvalue weighted by Gasteiger charge is 2.29. The van der Waals surface area contributed by atoms with Crippen LogP contribution in [0.2, 0.25) is 0 Å². The molecule has 1 fully saturated rings. The molecule has 5 rings (SSSR count). The Labute approximate surface area is 193 Å². The van der Waals surface area contributed by atoms with E-state index in [2.05, 4.69) is 22.2 Å². The molecule has 4 heterocycles. The number of aryl methyl sites for hydroxylation is 1. The number of nitrogens with zero attached hydrogens (tertiary/aromatic N) is 5. The number of pyridine rings is 1. The Kier molecular flexibility index (Phi) is 6.24. The zero-order valence-electron chi connectivity index (χ0n) is 18.7. The normalized spacial score (nSPS) is 20.1. The van der Waals surface area contributed by atoms with Crippen molar-refractivity contribution < 1.29 is 14.3 Å². The average molecular weight is 448 g/mol. The minimum Gasteiger partial charge on any atom is -0.494 e. The van der Waals surface area contributed by atoms with Gasteiger partial charge >= 0.3 is 0 Å². The van der Waals surface area contributed by atoms with E-state index in [9.17, 15) is 9.59 Å². The Morgan fingerprint density at radius 3 is 2.94 bits per heavy atom. The van der Waals surface area contributed by atoms with E-state index >= 15 is 0 Å². The Morgan fingerprint density at radius 2 is 2.00 bits per heavy atom. The average Bonchev–Trinajstić information content (AvgIpc) is 3.32. The summed E-state index contributed by atoms with van der Waals surface area (Å²) in [4.78, 5) is 34.6. The number of piperidine rings is 1. The van der Waals surface area contributed by atoms with E-state index in [-0.39, 0.29) is 24.4 Å². The van der Waals surface area contributed by atoms with Gasteiger partial charge in [0.15, 0.2) is 5.65 Å². The second kappa shape index (κ2) is 9.60. The van der Waals surface area contributed by atoms with Crippen molar-refractivity contribution in [3.05, 3.63) is 60.0 Å². The van der Waals surface area contributed by atoms with Gasteiger partial charge in [0.2, 0.25) is 5.91 Å². The summed E-state index contributed by atoms with van der Waals surface area (Å²) < 4.78 is 7.53. The predicted molar refractivity (Wildman–Crippen MR) is 123 cm³/mol. The maximum atomic E-state index is 13.4. The second-order valence-corrected chi connectivity index (χ2v) is 8.83. The van der Waals surface area contributed by atoms with Gasteiger partial charge in [0, 0.05) is 25.3 Å². The van der Waals surface area contributed by atoms with Crippen molar-refractivity contribution in [1.82, 2.24) is 24.4 Å². The molecule has 2 aliphatic heterocycles. The highest BCUT2D eigenvalue weighted by molar-refractivity contribution is 5.96. The second-order valence-electron chi connectivity index (χ2n) is 8.83. The van der Waals surface area contributed by atoms with Crippen molar-refractivity contribution in [3.8, 4) is 5.75 Å². The number of benzene rings is 1. The highest BCUT2D eigenvalue weighted by atomic mass is 16.5. The molecule has 0 saturated carbocycles. The first-order valence-corrected chi connectivity index (χ1v) is 11.8. The zero-order chi connectivity index (χ0) is 22.6. The smallest absolute Gasteiger partial charge is 0.255 e. The van der Waals surface area contributed by atoms with Gasteiger partial charge in [0.1, 0.15) is 18.6 Å². The van der Waals surface area contributed by atoms with Crippen molar-refractivity contribution in [2.24, 2.45) is 0 Å². The summed E-state index contributed by atoms with van der Waals surface area (Å²) in [5.41, 5.74) is 2.41. The number of aromatic nitrogens is 3. The van der Waals surface area contributed by atoms with Crippen LogP contribution in [0.4, 0.5) is 0 Å². The fourth-order valence-corrected chi connectivity index (χ4v) is 4.83. The molecule has 1 unspecified atom stereocenters. The van der Waals surface area contributed by atoms with Crippen molar-refractivity contribution in [2.45, 2.75) is 44.6 Å². The first-order chi connectivity index (χ1) is 16.2. The number of carbonyl (C=O) groups is 2. The standard InChI is InChI=1S/C25H29N5O3/c31-24-17-28(25(32)20-9-11-23-26-18-27-30(23)16-20)12-4-14-33-22-7-3-5-19(15-22)8-10-21-6-1-2-13-29(21)24/h3,5,7,9,11,15-16,18,21H,1-2,4,6,8,10,12-14,17H2. The van der Waals surface area contributed by atoms with Crippen LogP contribution in [0.15, 0.2) is 48.9 Å². The molecule has 0 spiro atoms. The largest absolute Gasteiger partial charge is 0.494 e. The molecular weight excluding hydrogens is 418 g/mol. The van der Waals surface area contributed by atoms with Crippen LogP contribution in [0, 0.1) is 0 Å². The Balaban J connectivity index is 1.40. The summed E-state index contributed by atoms with van der Waals surface area (Å²) in [5.74, 6) is 0.709. The maximum Gasteiger partial charge on any atom is 0.255 e. The summed E-state index contributed by atoms with van der Waals surface area (Å²) in [5, 5.41) is 4.13. The summed E-state index contributed by atoms with van der Waals surface area (Å²) in [7, 11) is 0. The maximum absolute atomic E-state index is 13.4. The van der Waals surface area contributed by atoms with E-state index in [0.717, 1.165) is 44.4 Å². The lowest BCUT2D eigenvalue weighted by Gasteiger charge is -2.37. The zero-order valence-corrected chi connectivity index (χ0v) is 18.7. The van der Waals surface area contributed by atoms with Gasteiger partial charge in [-0.1, -0.05) is 12.1 Å². The van der Waals surface area contributed by atoms with Gasteiger partial charge in [-0.3, -0.25) is 9.59 Å². The number of rotatable bonds is 1. The molecule has 172 valence electrons. The number of ether oxygens (including phenoxy) is 1. The third-order valence-corrected chi connectivity index (χ3v) is 6.59. The molecule has 8 heteroatoms. The molecule has 8 nitrogen and oxygen atoms in total. The van der Waals surface area contributed by atoms with E-state index in [1.165, 1.54) is 11.9 Å². The first kappa shape index (κ1) is 21.4. The van der Waals surface area contributed by atoms with Crippen LogP contribution in [0.3, 0.4) is 0 Å². The molecular formula is C25H29N5O3. The number of fused-ring (bicyclic) bond motifs is 4. The molecule has 1 atom stereocenters. The van der Waals surface area contributed by atoms with Crippen LogP contribution in [0.1, 0.15) is 48.0 Å². The van der Waals surface area contributed by atoms with Crippen molar-refractivity contribution in [1.29, 1.82) is 0 Å². The van der Waals surface area contributed by atoms with Gasteiger partial charge in [0.05, 0.1) is 12.2 Å². The van der Waals surface area contributed by atoms with Crippen LogP contribution >= 0.6 is 0 Å². The van der Waals surface area contributed by atoms with Crippen molar-refractivity contribution >= 4 is 17.5 Å². The lowest BCUT2D eigenvalue weighted by Crippen LogP contribution is -2.49. The van der Waals surface area contributed by atoms with Crippen LogP contribution in [0.5, 0.6) is 5.75 Å². The molecule has 0 N–H and O–H groups in total. The molecule has 2 aromatic heterocycles. The number of hydrogen-bond acceptors (Lipinski definition) is 5. The molecule has 33 heavy (non-hydrogen) atoms. The monoisotopic (exact) mass is 447 g/mol. The van der Waals surface area contributed by atoms with Crippen LogP contribution < -0.4 is 4.74 Å². The summed E-state index contributed by atoms with van der Waals surface area (Å²) in [6.07, 6.45) is 8.76. The lowest BCUT2D eigenvalue weighted by molar-refractivity contribution is -0.135. The summed E-state index contributed by atoms with van der Waals surface area (Å²) >= 11 is 0. The minimum atomic E-state index is -0.177. The highest BCUT2D eigenvalue weighted by Crippen LogP contribution is 2.24. The third kappa shape index (κ3) is 4.84. The van der Waals surface area contributed by atoms with Crippen LogP contribution in [-0.4, -0.2) is 68.5 Å². The molecule has 3 aromatic rings. The van der Waals surface area contributed by atoms with Gasteiger partial charge in [0.25, 0.3) is 5.91 Å². The fourth-order valence-electron chi connectivity index (χ4n) is 4.83. The topological polar surface area (TPSA) is 80.0 Å². The van der Waals surface area contributed by atoms with E-state index < -0.39 is 0 Å². The molecule has 1 aromatic carbocycles. The number of hydrogen-bond donors (Lipinski definition) is 0. The van der Waals surface area contributed by atoms with Crippen molar-refractivity contribution in [2.75, 3.05) is 26.2 Å². The fraction of sp³-hybridized carbons (Fsp3) is 0.440. The number of carbonyl (C=O) groups excluding carboxylic acids is 2. The Hall–Kier alpha value is -3.42. The Morgan fingerprint density at radius 1 is 1.06 bits per heavy atom. The van der Waals surface area contributed by atoms with Crippen LogP contribution in [-0.2, 0) is 11.2 Å². The Bertz CT molecular complexity index is 1140. The summed E-state index contributed by atoms with van der Waals surface area (Å²) in [6, 6.07) is 11.9. The SMILES string of the molecule is O=C(c1ccc2ncnn2c1)N1CCCOc2cccc(c2)CCC2CCCCN2C(=O)C1. The molecule has 2 amide bonds. The van der Waals surface area contributed by atoms with Gasteiger partial charge < -0.3 is 14.5 Å². The van der Waals surface area contributed by atoms with E-state index in [1.807, 2.05) is 17.0 Å². The van der Waals surface area contributed by atoms with Crippen LogP contribution in [0.25, 0.3) is 5.65 Å². The van der Waals surface area contributed by atoms with E-state index in [0.29, 0.717) is 30.8 Å². The van der Waals surface area contributed by atoms with Gasteiger partial charge in [-0.15, -0.1) is 0 Å². The quantitative estimate of drug-likeness (QED) is 0.573. The van der Waals surface area contributed by atoms with E-state index in [4.69, 9.17) is 4.74 Å². The molecule has 0 aliphatic carbocycles. The first-order valence-electron chi connectivity index (χ1n) is 11.8. The molecule has 2 aliphatic rings. The number of amides is 2. The summed E-state index contributed by atoms with van der Waals surface area (Å²) in [6.45, 7) is 1.77. The van der Waals surface area contributed by atoms with Gasteiger partial charge in [-0.05, 0) is 68.4 Å². The lowest BCUT2D eigenvalue weighted by atomic mass is 9.95. The molecule has 1 saturated heterocycles. The minimum absolute atomic E-state index is 0.0293. The molecule has 0 radical (unpaired) electrons. The third-order valence-electron chi connectivity index (χ3n) is 6.59. The van der Waals surface area contributed by atoms with Gasteiger partial charge in [-0.25, -0.2) is 9.50 Å². The predicted octanol–water partition coefficient (Wildman–Crippen LogP) is 2.97. The van der Waals surface area contributed by atoms with E-state index in [1.54, 1.807) is 27.7 Å². The van der Waals surface area contributed by atoms with Crippen molar-refractivity contribution in [3.63, 3.8) is 0 Å². The van der Waals surface area contributed by atoms with Gasteiger partial charge in [-0.2, -0.15) is 5.10 Å². The molecule has 2 bridgehead atoms.